The van der Waals surface area contributed by atoms with Crippen molar-refractivity contribution in [3.63, 3.8) is 0 Å². The highest BCUT2D eigenvalue weighted by atomic mass is 35.5. The van der Waals surface area contributed by atoms with Crippen LogP contribution in [0.15, 0.2) is 41.3 Å². The molecule has 0 saturated carbocycles. The predicted molar refractivity (Wildman–Crippen MR) is 119 cm³/mol. The molecular weight excluding hydrogens is 444 g/mol. The number of sulfonamides is 1. The Hall–Kier alpha value is -2.49. The molecule has 0 unspecified atom stereocenters. The molecule has 1 heterocycles. The molecule has 2 N–H and O–H groups in total. The van der Waals surface area contributed by atoms with Crippen molar-refractivity contribution in [3.05, 3.63) is 47.0 Å². The number of morpholine rings is 1. The van der Waals surface area contributed by atoms with Crippen molar-refractivity contribution >= 4 is 39.0 Å². The molecular formula is C21H25ClN2O6S. The van der Waals surface area contributed by atoms with Gasteiger partial charge in [0.25, 0.3) is 10.0 Å². The van der Waals surface area contributed by atoms with Crippen LogP contribution in [-0.4, -0.2) is 52.4 Å². The van der Waals surface area contributed by atoms with Crippen molar-refractivity contribution in [2.45, 2.75) is 24.7 Å². The second-order valence-corrected chi connectivity index (χ2v) is 9.20. The smallest absolute Gasteiger partial charge is 0.303 e. The van der Waals surface area contributed by atoms with Crippen LogP contribution in [0.5, 0.6) is 5.75 Å². The highest BCUT2D eigenvalue weighted by Gasteiger charge is 2.22. The Morgan fingerprint density at radius 2 is 2.00 bits per heavy atom. The first-order valence-electron chi connectivity index (χ1n) is 9.87. The van der Waals surface area contributed by atoms with E-state index in [0.717, 1.165) is 0 Å². The van der Waals surface area contributed by atoms with E-state index in [9.17, 15) is 13.2 Å². The number of anilines is 2. The number of benzene rings is 2. The number of carboxylic acids is 1. The van der Waals surface area contributed by atoms with Crippen LogP contribution in [0, 0.1) is 6.92 Å². The Balaban J connectivity index is 1.77. The lowest BCUT2D eigenvalue weighted by atomic mass is 10.2. The van der Waals surface area contributed by atoms with Gasteiger partial charge in [-0.3, -0.25) is 9.52 Å². The summed E-state index contributed by atoms with van der Waals surface area (Å²) in [6.07, 6.45) is 0.385. The number of rotatable bonds is 9. The number of ether oxygens (including phenoxy) is 2. The fraction of sp³-hybridized carbons (Fsp3) is 0.381. The van der Waals surface area contributed by atoms with Crippen molar-refractivity contribution < 1.29 is 27.8 Å². The van der Waals surface area contributed by atoms with Gasteiger partial charge in [0.15, 0.2) is 0 Å². The summed E-state index contributed by atoms with van der Waals surface area (Å²) in [7, 11) is -3.87. The SMILES string of the molecule is Cc1cc(S(=O)(=O)Nc2cccc(Cl)c2N2CCOCC2)ccc1OCCCC(=O)O. The summed E-state index contributed by atoms with van der Waals surface area (Å²) in [6, 6.07) is 9.66. The summed E-state index contributed by atoms with van der Waals surface area (Å²) in [5.41, 5.74) is 1.67. The third kappa shape index (κ3) is 6.03. The van der Waals surface area contributed by atoms with Crippen LogP contribution in [0.3, 0.4) is 0 Å². The average Bonchev–Trinajstić information content (AvgIpc) is 2.72. The van der Waals surface area contributed by atoms with Crippen molar-refractivity contribution in [1.29, 1.82) is 0 Å². The lowest BCUT2D eigenvalue weighted by molar-refractivity contribution is -0.137. The maximum atomic E-state index is 13.0. The van der Waals surface area contributed by atoms with Crippen LogP contribution in [-0.2, 0) is 19.6 Å². The zero-order valence-corrected chi connectivity index (χ0v) is 18.7. The van der Waals surface area contributed by atoms with Gasteiger partial charge in [0.05, 0.1) is 41.1 Å². The number of nitrogens with zero attached hydrogens (tertiary/aromatic N) is 1. The molecule has 31 heavy (non-hydrogen) atoms. The van der Waals surface area contributed by atoms with Gasteiger partial charge < -0.3 is 19.5 Å². The van der Waals surface area contributed by atoms with E-state index >= 15 is 0 Å². The van der Waals surface area contributed by atoms with Gasteiger partial charge in [-0.1, -0.05) is 17.7 Å². The van der Waals surface area contributed by atoms with Crippen LogP contribution in [0.1, 0.15) is 18.4 Å². The van der Waals surface area contributed by atoms with Crippen molar-refractivity contribution in [1.82, 2.24) is 0 Å². The number of carbonyl (C=O) groups is 1. The van der Waals surface area contributed by atoms with E-state index < -0.39 is 16.0 Å². The van der Waals surface area contributed by atoms with Gasteiger partial charge in [-0.05, 0) is 49.2 Å². The molecule has 0 aliphatic carbocycles. The fourth-order valence-corrected chi connectivity index (χ4v) is 4.71. The highest BCUT2D eigenvalue weighted by Crippen LogP contribution is 2.36. The molecule has 0 amide bonds. The first kappa shape index (κ1) is 23.2. The van der Waals surface area contributed by atoms with Gasteiger partial charge in [-0.25, -0.2) is 8.42 Å². The van der Waals surface area contributed by atoms with Gasteiger partial charge in [-0.2, -0.15) is 0 Å². The molecule has 0 bridgehead atoms. The second kappa shape index (κ2) is 10.2. The van der Waals surface area contributed by atoms with E-state index in [0.29, 0.717) is 60.4 Å². The Kier molecular flexibility index (Phi) is 7.64. The molecule has 0 spiro atoms. The summed E-state index contributed by atoms with van der Waals surface area (Å²) in [4.78, 5) is 12.7. The summed E-state index contributed by atoms with van der Waals surface area (Å²) in [5.74, 6) is -0.369. The summed E-state index contributed by atoms with van der Waals surface area (Å²) in [5, 5.41) is 9.15. The number of halogens is 1. The van der Waals surface area contributed by atoms with E-state index in [-0.39, 0.29) is 17.9 Å². The predicted octanol–water partition coefficient (Wildman–Crippen LogP) is 3.53. The van der Waals surface area contributed by atoms with Crippen molar-refractivity contribution in [3.8, 4) is 5.75 Å². The Labute approximate surface area is 186 Å². The van der Waals surface area contributed by atoms with E-state index in [1.54, 1.807) is 31.2 Å². The topological polar surface area (TPSA) is 105 Å². The highest BCUT2D eigenvalue weighted by molar-refractivity contribution is 7.92. The Morgan fingerprint density at radius 3 is 2.68 bits per heavy atom. The van der Waals surface area contributed by atoms with Crippen LogP contribution in [0.2, 0.25) is 5.02 Å². The zero-order valence-electron chi connectivity index (χ0n) is 17.1. The first-order valence-corrected chi connectivity index (χ1v) is 11.7. The molecule has 1 fully saturated rings. The van der Waals surface area contributed by atoms with Crippen LogP contribution < -0.4 is 14.4 Å². The molecule has 168 valence electrons. The minimum atomic E-state index is -3.87. The van der Waals surface area contributed by atoms with E-state index in [4.69, 9.17) is 26.2 Å². The Morgan fingerprint density at radius 1 is 1.26 bits per heavy atom. The van der Waals surface area contributed by atoms with Gasteiger partial charge in [0.2, 0.25) is 0 Å². The molecule has 0 radical (unpaired) electrons. The second-order valence-electron chi connectivity index (χ2n) is 7.11. The van der Waals surface area contributed by atoms with Crippen LogP contribution in [0.4, 0.5) is 11.4 Å². The number of hydrogen-bond acceptors (Lipinski definition) is 6. The molecule has 0 aromatic heterocycles. The van der Waals surface area contributed by atoms with E-state index in [1.807, 2.05) is 4.90 Å². The first-order chi connectivity index (χ1) is 14.8. The molecule has 2 aromatic rings. The van der Waals surface area contributed by atoms with Gasteiger partial charge >= 0.3 is 5.97 Å². The van der Waals surface area contributed by atoms with Gasteiger partial charge in [0, 0.05) is 19.5 Å². The standard InChI is InChI=1S/C21H25ClN2O6S/c1-15-14-16(7-8-19(15)30-11-3-6-20(25)26)31(27,28)23-18-5-2-4-17(22)21(18)24-9-12-29-13-10-24/h2,4-5,7-8,14,23H,3,6,9-13H2,1H3,(H,25,26). The van der Waals surface area contributed by atoms with Gasteiger partial charge in [-0.15, -0.1) is 0 Å². The normalized spacial score (nSPS) is 14.3. The number of nitrogens with one attached hydrogen (secondary N) is 1. The maximum absolute atomic E-state index is 13.0. The van der Waals surface area contributed by atoms with Gasteiger partial charge in [0.1, 0.15) is 5.75 Å². The van der Waals surface area contributed by atoms with Crippen LogP contribution in [0.25, 0.3) is 0 Å². The maximum Gasteiger partial charge on any atom is 0.303 e. The third-order valence-electron chi connectivity index (χ3n) is 4.81. The molecule has 0 atom stereocenters. The average molecular weight is 469 g/mol. The number of aryl methyl sites for hydroxylation is 1. The summed E-state index contributed by atoms with van der Waals surface area (Å²) >= 11 is 6.39. The molecule has 2 aromatic carbocycles. The lowest BCUT2D eigenvalue weighted by Crippen LogP contribution is -2.37. The third-order valence-corrected chi connectivity index (χ3v) is 6.48. The van der Waals surface area contributed by atoms with Crippen molar-refractivity contribution in [2.75, 3.05) is 42.5 Å². The molecule has 8 nitrogen and oxygen atoms in total. The van der Waals surface area contributed by atoms with E-state index in [2.05, 4.69) is 4.72 Å². The quantitative estimate of drug-likeness (QED) is 0.542. The van der Waals surface area contributed by atoms with Crippen LogP contribution >= 0.6 is 11.6 Å². The summed E-state index contributed by atoms with van der Waals surface area (Å²) < 4.78 is 39.7. The van der Waals surface area contributed by atoms with E-state index in [1.165, 1.54) is 12.1 Å². The number of hydrogen-bond donors (Lipinski definition) is 2. The summed E-state index contributed by atoms with van der Waals surface area (Å²) in [6.45, 7) is 4.30. The molecule has 1 aliphatic heterocycles. The number of para-hydroxylation sites is 1. The fourth-order valence-electron chi connectivity index (χ4n) is 3.27. The molecule has 1 aliphatic rings. The largest absolute Gasteiger partial charge is 0.493 e. The molecule has 10 heteroatoms. The molecule has 1 saturated heterocycles. The minimum Gasteiger partial charge on any atom is -0.493 e. The monoisotopic (exact) mass is 468 g/mol. The van der Waals surface area contributed by atoms with Crippen molar-refractivity contribution in [2.24, 2.45) is 0 Å². The Bertz CT molecular complexity index is 1040. The lowest BCUT2D eigenvalue weighted by Gasteiger charge is -2.31. The zero-order chi connectivity index (χ0) is 22.4. The minimum absolute atomic E-state index is 0.0144. The molecule has 3 rings (SSSR count). The number of aliphatic carboxylic acids is 1. The number of carboxylic acid groups (broad SMARTS) is 1.